The van der Waals surface area contributed by atoms with E-state index in [0.29, 0.717) is 0 Å². The molecule has 0 aliphatic rings. The van der Waals surface area contributed by atoms with E-state index in [-0.39, 0.29) is 6.92 Å². The van der Waals surface area contributed by atoms with Crippen molar-refractivity contribution in [2.45, 2.75) is 18.1 Å². The van der Waals surface area contributed by atoms with Crippen molar-refractivity contribution in [2.24, 2.45) is 0 Å². The molecule has 0 heterocycles. The Labute approximate surface area is 63.3 Å². The Bertz CT molecular complexity index is 124. The molecule has 0 amide bonds. The average molecular weight is 196 g/mol. The fourth-order valence-corrected chi connectivity index (χ4v) is 0.393. The predicted octanol–water partition coefficient (Wildman–Crippen LogP) is 2.30. The number of halogens is 4. The fourth-order valence-electron chi connectivity index (χ4n) is 0.131. The van der Waals surface area contributed by atoms with Gasteiger partial charge in [-0.2, -0.15) is 17.6 Å². The maximum absolute atomic E-state index is 12.0. The van der Waals surface area contributed by atoms with Gasteiger partial charge in [0, 0.05) is 6.92 Å². The molecule has 0 atom stereocenters. The molecule has 0 unspecified atom stereocenters. The van der Waals surface area contributed by atoms with E-state index in [1.165, 1.54) is 0 Å². The molecule has 0 aromatic rings. The number of alkyl halides is 4. The van der Waals surface area contributed by atoms with E-state index in [0.717, 1.165) is 0 Å². The summed E-state index contributed by atoms with van der Waals surface area (Å²) in [6.45, 7) is 0.0146. The van der Waals surface area contributed by atoms with Gasteiger partial charge in [0.2, 0.25) is 0 Å². The summed E-state index contributed by atoms with van der Waals surface area (Å²) < 4.78 is 50.9. The Kier molecular flexibility index (Phi) is 3.55. The van der Waals surface area contributed by atoms with E-state index < -0.39 is 23.2 Å². The van der Waals surface area contributed by atoms with Gasteiger partial charge in [-0.3, -0.25) is 0 Å². The van der Waals surface area contributed by atoms with Crippen molar-refractivity contribution in [3.63, 3.8) is 0 Å². The van der Waals surface area contributed by atoms with Crippen molar-refractivity contribution in [2.75, 3.05) is 0 Å². The minimum Gasteiger partial charge on any atom is -0.220 e. The van der Waals surface area contributed by atoms with Gasteiger partial charge in [0.15, 0.2) is 0 Å². The zero-order valence-corrected chi connectivity index (χ0v) is 6.00. The number of rotatable bonds is 4. The van der Waals surface area contributed by atoms with Gasteiger partial charge in [0.05, 0.1) is 0 Å². The molecule has 0 spiro atoms. The van der Waals surface area contributed by atoms with Crippen LogP contribution in [0.25, 0.3) is 0 Å². The summed E-state index contributed by atoms with van der Waals surface area (Å²) in [5, 5.41) is 5.66. The molecule has 0 bridgehead atoms. The first-order valence-electron chi connectivity index (χ1n) is 2.23. The molecule has 0 aromatic carbocycles. The summed E-state index contributed by atoms with van der Waals surface area (Å²) >= 11 is -0.970. The van der Waals surface area contributed by atoms with Gasteiger partial charge in [-0.05, 0) is 0 Å². The second kappa shape index (κ2) is 3.57. The normalized spacial score (nSPS) is 13.6. The lowest BCUT2D eigenvalue weighted by atomic mass is 10.4. The minimum atomic E-state index is -4.43. The molecule has 8 heteroatoms. The molecule has 0 radical (unpaired) electrons. The molecule has 68 valence electrons. The third-order valence-corrected chi connectivity index (χ3v) is 1.38. The Hall–Kier alpha value is -0.0500. The van der Waals surface area contributed by atoms with Gasteiger partial charge in [-0.1, -0.05) is 5.04 Å². The van der Waals surface area contributed by atoms with Crippen LogP contribution in [0.1, 0.15) is 6.92 Å². The van der Waals surface area contributed by atoms with E-state index in [1.54, 1.807) is 0 Å². The lowest BCUT2D eigenvalue weighted by Crippen LogP contribution is -2.34. The molecule has 0 aliphatic carbocycles. The zero-order valence-electron chi connectivity index (χ0n) is 5.18. The summed E-state index contributed by atoms with van der Waals surface area (Å²) in [4.78, 5) is 0. The van der Waals surface area contributed by atoms with E-state index in [1.807, 2.05) is 0 Å². The highest BCUT2D eigenvalue weighted by atomic mass is 32.2. The quantitative estimate of drug-likeness (QED) is 0.324. The summed E-state index contributed by atoms with van der Waals surface area (Å²) in [6, 6.07) is 0. The predicted molar refractivity (Wildman–Crippen MR) is 28.0 cm³/mol. The Morgan fingerprint density at radius 2 is 1.73 bits per heavy atom. The van der Waals surface area contributed by atoms with Gasteiger partial charge >= 0.3 is 11.2 Å². The third kappa shape index (κ3) is 3.23. The highest BCUT2D eigenvalue weighted by Crippen LogP contribution is 2.43. The van der Waals surface area contributed by atoms with Gasteiger partial charge in [0.1, 0.15) is 12.0 Å². The van der Waals surface area contributed by atoms with Gasteiger partial charge in [-0.15, -0.1) is 4.33 Å². The van der Waals surface area contributed by atoms with Crippen LogP contribution in [-0.2, 0) is 9.37 Å². The van der Waals surface area contributed by atoms with Crippen LogP contribution in [0.5, 0.6) is 0 Å². The molecule has 3 nitrogen and oxygen atoms in total. The van der Waals surface area contributed by atoms with Crippen LogP contribution in [0.15, 0.2) is 0 Å². The molecule has 0 aromatic heterocycles. The van der Waals surface area contributed by atoms with Crippen LogP contribution >= 0.6 is 12.0 Å². The topological polar surface area (TPSA) is 38.7 Å². The molecular formula is C3H4F4O3S. The van der Waals surface area contributed by atoms with Crippen LogP contribution in [0, 0.1) is 0 Å². The maximum atomic E-state index is 12.0. The average Bonchev–Trinajstić information content (AvgIpc) is 1.81. The lowest BCUT2D eigenvalue weighted by molar-refractivity contribution is -0.434. The first kappa shape index (κ1) is 11.0. The Morgan fingerprint density at radius 1 is 1.27 bits per heavy atom. The SMILES string of the molecule is CC(F)(F)C(F)(F)SOOO. The van der Waals surface area contributed by atoms with Gasteiger partial charge in [0.25, 0.3) is 0 Å². The van der Waals surface area contributed by atoms with Crippen molar-refractivity contribution >= 4 is 12.0 Å². The van der Waals surface area contributed by atoms with Crippen LogP contribution in [-0.4, -0.2) is 16.4 Å². The standard InChI is InChI=1S/C3H4F4O3S/c1-2(4,5)3(6,7)11-10-9-8/h8H,1H3. The summed E-state index contributed by atoms with van der Waals surface area (Å²) in [5.41, 5.74) is 0. The highest BCUT2D eigenvalue weighted by Gasteiger charge is 2.54. The monoisotopic (exact) mass is 196 g/mol. The molecule has 0 fully saturated rings. The van der Waals surface area contributed by atoms with Crippen molar-refractivity contribution in [3.8, 4) is 0 Å². The molecule has 0 saturated heterocycles. The summed E-state index contributed by atoms with van der Waals surface area (Å²) in [5.74, 6) is -4.24. The first-order valence-corrected chi connectivity index (χ1v) is 2.97. The molecular weight excluding hydrogens is 192 g/mol. The molecule has 0 saturated carbocycles. The van der Waals surface area contributed by atoms with Crippen LogP contribution < -0.4 is 0 Å². The second-order valence-corrected chi connectivity index (χ2v) is 2.45. The van der Waals surface area contributed by atoms with Gasteiger partial charge < -0.3 is 0 Å². The lowest BCUT2D eigenvalue weighted by Gasteiger charge is -2.19. The van der Waals surface area contributed by atoms with Crippen molar-refractivity contribution in [1.29, 1.82) is 0 Å². The second-order valence-electron chi connectivity index (χ2n) is 1.63. The fraction of sp³-hybridized carbons (Fsp3) is 1.00. The molecule has 0 rings (SSSR count). The molecule has 11 heavy (non-hydrogen) atoms. The molecule has 0 aliphatic heterocycles. The van der Waals surface area contributed by atoms with Crippen LogP contribution in [0.4, 0.5) is 17.6 Å². The summed E-state index contributed by atoms with van der Waals surface area (Å²) in [7, 11) is 0. The van der Waals surface area contributed by atoms with Crippen molar-refractivity contribution in [1.82, 2.24) is 0 Å². The first-order chi connectivity index (χ1) is 4.81. The Balaban J connectivity index is 4.00. The zero-order chi connectivity index (χ0) is 9.12. The van der Waals surface area contributed by atoms with E-state index in [9.17, 15) is 17.6 Å². The minimum absolute atomic E-state index is 0.0146. The number of hydrogen-bond donors (Lipinski definition) is 1. The van der Waals surface area contributed by atoms with E-state index in [4.69, 9.17) is 5.26 Å². The third-order valence-electron chi connectivity index (χ3n) is 0.680. The van der Waals surface area contributed by atoms with E-state index >= 15 is 0 Å². The number of hydrogen-bond acceptors (Lipinski definition) is 4. The maximum Gasteiger partial charge on any atom is 0.382 e. The largest absolute Gasteiger partial charge is 0.382 e. The van der Waals surface area contributed by atoms with Crippen LogP contribution in [0.3, 0.4) is 0 Å². The van der Waals surface area contributed by atoms with E-state index in [2.05, 4.69) is 9.37 Å². The summed E-state index contributed by atoms with van der Waals surface area (Å²) in [6.07, 6.45) is 0. The Morgan fingerprint density at radius 3 is 2.00 bits per heavy atom. The smallest absolute Gasteiger partial charge is 0.220 e. The highest BCUT2D eigenvalue weighted by molar-refractivity contribution is 7.95. The van der Waals surface area contributed by atoms with Crippen LogP contribution in [0.2, 0.25) is 0 Å². The van der Waals surface area contributed by atoms with Crippen molar-refractivity contribution < 1.29 is 32.2 Å². The van der Waals surface area contributed by atoms with Crippen molar-refractivity contribution in [3.05, 3.63) is 0 Å². The van der Waals surface area contributed by atoms with Gasteiger partial charge in [-0.25, -0.2) is 5.26 Å². The molecule has 1 N–H and O–H groups in total.